The molecule has 0 saturated carbocycles. The number of benzene rings is 1. The molecule has 1 aromatic heterocycles. The zero-order valence-electron chi connectivity index (χ0n) is 10.4. The Labute approximate surface area is 107 Å². The fourth-order valence-electron chi connectivity index (χ4n) is 1.71. The van der Waals surface area contributed by atoms with Gasteiger partial charge in [-0.15, -0.1) is 11.3 Å². The van der Waals surface area contributed by atoms with Crippen LogP contribution in [-0.4, -0.2) is 11.5 Å². The van der Waals surface area contributed by atoms with E-state index in [0.29, 0.717) is 0 Å². The molecule has 2 rings (SSSR count). The normalized spacial score (nSPS) is 10.7. The van der Waals surface area contributed by atoms with Crippen molar-refractivity contribution in [3.63, 3.8) is 0 Å². The van der Waals surface area contributed by atoms with Crippen LogP contribution < -0.4 is 5.32 Å². The second-order valence-corrected chi connectivity index (χ2v) is 5.21. The van der Waals surface area contributed by atoms with Crippen LogP contribution in [0.5, 0.6) is 0 Å². The van der Waals surface area contributed by atoms with E-state index in [1.165, 1.54) is 21.7 Å². The molecule has 1 N–H and O–H groups in total. The van der Waals surface area contributed by atoms with Crippen LogP contribution in [-0.2, 0) is 13.0 Å². The third-order valence-corrected chi connectivity index (χ3v) is 3.82. The average molecular weight is 246 g/mol. The molecule has 0 saturated heterocycles. The summed E-state index contributed by atoms with van der Waals surface area (Å²) in [5, 5.41) is 3.47. The van der Waals surface area contributed by atoms with E-state index < -0.39 is 0 Å². The minimum absolute atomic E-state index is 0.943. The van der Waals surface area contributed by atoms with Crippen LogP contribution in [0.25, 0.3) is 0 Å². The van der Waals surface area contributed by atoms with Crippen molar-refractivity contribution >= 4 is 11.3 Å². The lowest BCUT2D eigenvalue weighted by atomic mass is 10.1. The van der Waals surface area contributed by atoms with Crippen molar-refractivity contribution in [2.75, 3.05) is 6.54 Å². The van der Waals surface area contributed by atoms with Gasteiger partial charge >= 0.3 is 0 Å². The van der Waals surface area contributed by atoms with E-state index in [1.54, 1.807) is 11.3 Å². The number of hydrogen-bond donors (Lipinski definition) is 1. The minimum Gasteiger partial charge on any atom is -0.312 e. The third-order valence-electron chi connectivity index (χ3n) is 2.82. The summed E-state index contributed by atoms with van der Waals surface area (Å²) in [5.41, 5.74) is 5.75. The van der Waals surface area contributed by atoms with Gasteiger partial charge in [0.15, 0.2) is 0 Å². The number of rotatable bonds is 5. The quantitative estimate of drug-likeness (QED) is 0.820. The Morgan fingerprint density at radius 1 is 1.18 bits per heavy atom. The second-order valence-electron chi connectivity index (χ2n) is 4.27. The highest BCUT2D eigenvalue weighted by atomic mass is 32.1. The number of nitrogens with zero attached hydrogens (tertiary/aromatic N) is 1. The molecule has 17 heavy (non-hydrogen) atoms. The second kappa shape index (κ2) is 5.94. The van der Waals surface area contributed by atoms with Crippen molar-refractivity contribution in [3.05, 3.63) is 51.5 Å². The van der Waals surface area contributed by atoms with Gasteiger partial charge in [0.1, 0.15) is 0 Å². The summed E-state index contributed by atoms with van der Waals surface area (Å²) in [6.07, 6.45) is 1.07. The lowest BCUT2D eigenvalue weighted by molar-refractivity contribution is 0.689. The van der Waals surface area contributed by atoms with Gasteiger partial charge in [0.2, 0.25) is 0 Å². The molecule has 2 nitrogen and oxygen atoms in total. The monoisotopic (exact) mass is 246 g/mol. The molecule has 0 spiro atoms. The molecule has 0 aliphatic carbocycles. The predicted octanol–water partition coefficient (Wildman–Crippen LogP) is 3.09. The highest BCUT2D eigenvalue weighted by Crippen LogP contribution is 2.12. The Kier molecular flexibility index (Phi) is 4.29. The van der Waals surface area contributed by atoms with Crippen molar-refractivity contribution in [1.82, 2.24) is 10.3 Å². The van der Waals surface area contributed by atoms with Crippen LogP contribution in [0.4, 0.5) is 0 Å². The minimum atomic E-state index is 0.943. The van der Waals surface area contributed by atoms with Gasteiger partial charge in [0, 0.05) is 18.0 Å². The molecular formula is C14H18N2S. The van der Waals surface area contributed by atoms with Gasteiger partial charge in [0.05, 0.1) is 11.2 Å². The van der Waals surface area contributed by atoms with Gasteiger partial charge < -0.3 is 5.32 Å². The van der Waals surface area contributed by atoms with Crippen LogP contribution in [0.15, 0.2) is 29.8 Å². The first-order valence-corrected chi connectivity index (χ1v) is 6.79. The molecule has 90 valence electrons. The summed E-state index contributed by atoms with van der Waals surface area (Å²) < 4.78 is 0. The number of nitrogens with one attached hydrogen (secondary N) is 1. The SMILES string of the molecule is Cc1ccc(CNCCc2scnc2C)cc1. The molecule has 0 atom stereocenters. The number of aromatic nitrogens is 1. The van der Waals surface area contributed by atoms with Gasteiger partial charge in [-0.1, -0.05) is 29.8 Å². The van der Waals surface area contributed by atoms with Crippen molar-refractivity contribution in [3.8, 4) is 0 Å². The summed E-state index contributed by atoms with van der Waals surface area (Å²) in [6.45, 7) is 6.14. The summed E-state index contributed by atoms with van der Waals surface area (Å²) in [5.74, 6) is 0. The fraction of sp³-hybridized carbons (Fsp3) is 0.357. The largest absolute Gasteiger partial charge is 0.312 e. The Bertz CT molecular complexity index is 459. The molecule has 0 bridgehead atoms. The first-order valence-electron chi connectivity index (χ1n) is 5.91. The van der Waals surface area contributed by atoms with Crippen molar-refractivity contribution in [1.29, 1.82) is 0 Å². The fourth-order valence-corrected chi connectivity index (χ4v) is 2.49. The molecule has 0 radical (unpaired) electrons. The van der Waals surface area contributed by atoms with Crippen LogP contribution >= 0.6 is 11.3 Å². The van der Waals surface area contributed by atoms with E-state index in [2.05, 4.69) is 48.4 Å². The zero-order chi connectivity index (χ0) is 12.1. The van der Waals surface area contributed by atoms with Crippen LogP contribution in [0.2, 0.25) is 0 Å². The van der Waals surface area contributed by atoms with Crippen molar-refractivity contribution in [2.24, 2.45) is 0 Å². The van der Waals surface area contributed by atoms with Crippen LogP contribution in [0.3, 0.4) is 0 Å². The Morgan fingerprint density at radius 2 is 1.94 bits per heavy atom. The Morgan fingerprint density at radius 3 is 2.59 bits per heavy atom. The number of thiazole rings is 1. The molecule has 0 aliphatic heterocycles. The Hall–Kier alpha value is -1.19. The van der Waals surface area contributed by atoms with Gasteiger partial charge in [-0.3, -0.25) is 0 Å². The van der Waals surface area contributed by atoms with Crippen LogP contribution in [0.1, 0.15) is 21.7 Å². The van der Waals surface area contributed by atoms with Crippen molar-refractivity contribution < 1.29 is 0 Å². The maximum Gasteiger partial charge on any atom is 0.0797 e. The molecule has 0 unspecified atom stereocenters. The maximum absolute atomic E-state index is 4.25. The molecule has 0 aliphatic rings. The number of hydrogen-bond acceptors (Lipinski definition) is 3. The van der Waals surface area contributed by atoms with Gasteiger partial charge in [-0.05, 0) is 25.8 Å². The maximum atomic E-state index is 4.25. The summed E-state index contributed by atoms with van der Waals surface area (Å²) in [4.78, 5) is 5.64. The average Bonchev–Trinajstić information content (AvgIpc) is 2.73. The molecule has 0 fully saturated rings. The van der Waals surface area contributed by atoms with E-state index in [1.807, 2.05) is 5.51 Å². The van der Waals surface area contributed by atoms with E-state index in [9.17, 15) is 0 Å². The Balaban J connectivity index is 1.73. The predicted molar refractivity (Wildman–Crippen MR) is 73.4 cm³/mol. The lowest BCUT2D eigenvalue weighted by Crippen LogP contribution is -2.16. The van der Waals surface area contributed by atoms with Crippen molar-refractivity contribution in [2.45, 2.75) is 26.8 Å². The smallest absolute Gasteiger partial charge is 0.0797 e. The summed E-state index contributed by atoms with van der Waals surface area (Å²) in [6, 6.07) is 8.68. The molecule has 3 heteroatoms. The highest BCUT2D eigenvalue weighted by molar-refractivity contribution is 7.09. The van der Waals surface area contributed by atoms with Gasteiger partial charge in [0.25, 0.3) is 0 Å². The standard InChI is InChI=1S/C14H18N2S/c1-11-3-5-13(6-4-11)9-15-8-7-14-12(2)16-10-17-14/h3-6,10,15H,7-9H2,1-2H3. The number of aryl methyl sites for hydroxylation is 2. The molecule has 0 amide bonds. The summed E-state index contributed by atoms with van der Waals surface area (Å²) >= 11 is 1.75. The summed E-state index contributed by atoms with van der Waals surface area (Å²) in [7, 11) is 0. The van der Waals surface area contributed by atoms with Gasteiger partial charge in [-0.2, -0.15) is 0 Å². The first-order chi connectivity index (χ1) is 8.25. The van der Waals surface area contributed by atoms with Crippen LogP contribution in [0, 0.1) is 13.8 Å². The van der Waals surface area contributed by atoms with E-state index in [0.717, 1.165) is 19.5 Å². The molecular weight excluding hydrogens is 228 g/mol. The molecule has 1 heterocycles. The first kappa shape index (κ1) is 12.3. The highest BCUT2D eigenvalue weighted by Gasteiger charge is 2.00. The van der Waals surface area contributed by atoms with E-state index in [-0.39, 0.29) is 0 Å². The van der Waals surface area contributed by atoms with E-state index >= 15 is 0 Å². The zero-order valence-corrected chi connectivity index (χ0v) is 11.2. The third kappa shape index (κ3) is 3.65. The van der Waals surface area contributed by atoms with Gasteiger partial charge in [-0.25, -0.2) is 4.98 Å². The molecule has 2 aromatic rings. The van der Waals surface area contributed by atoms with E-state index in [4.69, 9.17) is 0 Å². The molecule has 1 aromatic carbocycles. The topological polar surface area (TPSA) is 24.9 Å². The lowest BCUT2D eigenvalue weighted by Gasteiger charge is -2.04.